The first-order valence-electron chi connectivity index (χ1n) is 37.6. The smallest absolute Gasteiger partial charge is 0.462 e. The Kier molecular flexibility index (Phi) is 64.0. The number of rotatable bonds is 72. The lowest BCUT2D eigenvalue weighted by atomic mass is 10.0. The Morgan fingerprint density at radius 1 is 0.297 bits per heavy atom. The van der Waals surface area contributed by atoms with Crippen LogP contribution in [0.15, 0.2) is 0 Å². The van der Waals surface area contributed by atoms with Gasteiger partial charge in [-0.3, -0.25) is 37.3 Å². The van der Waals surface area contributed by atoms with Crippen molar-refractivity contribution < 1.29 is 80.2 Å². The fourth-order valence-corrected chi connectivity index (χ4v) is 12.6. The van der Waals surface area contributed by atoms with Crippen LogP contribution in [0.1, 0.15) is 375 Å². The number of carbonyl (C=O) groups is 4. The Morgan fingerprint density at radius 2 is 0.505 bits per heavy atom. The molecule has 540 valence electrons. The summed E-state index contributed by atoms with van der Waals surface area (Å²) >= 11 is 0. The van der Waals surface area contributed by atoms with Crippen molar-refractivity contribution in [1.29, 1.82) is 0 Å². The maximum absolute atomic E-state index is 13.0. The highest BCUT2D eigenvalue weighted by atomic mass is 31.2. The van der Waals surface area contributed by atoms with Gasteiger partial charge >= 0.3 is 39.5 Å². The molecule has 0 heterocycles. The Morgan fingerprint density at radius 3 is 0.747 bits per heavy atom. The Hall–Kier alpha value is -1.94. The van der Waals surface area contributed by atoms with E-state index in [0.29, 0.717) is 25.7 Å². The monoisotopic (exact) mass is 1340 g/mol. The molecule has 0 aromatic carbocycles. The van der Waals surface area contributed by atoms with Crippen LogP contribution < -0.4 is 0 Å². The third-order valence-corrected chi connectivity index (χ3v) is 18.7. The van der Waals surface area contributed by atoms with Crippen LogP contribution >= 0.6 is 15.6 Å². The van der Waals surface area contributed by atoms with Gasteiger partial charge < -0.3 is 33.8 Å². The van der Waals surface area contributed by atoms with Gasteiger partial charge in [-0.05, 0) is 31.6 Å². The van der Waals surface area contributed by atoms with Crippen molar-refractivity contribution in [1.82, 2.24) is 0 Å². The number of phosphoric acid groups is 2. The SMILES string of the molecule is CCCCCCCCCCCCCCCCC(=O)OC[C@H](COP(=O)(O)OC[C@@H](O)COP(=O)(O)OC[C@@H](COC(=O)CCCCCCCCC)OC(=O)CCCCCCCCCCCCC)OC(=O)CCCCCCCCCCCCCCCCCCC(C)C. The molecular weight excluding hydrogens is 1200 g/mol. The molecule has 0 rings (SSSR count). The van der Waals surface area contributed by atoms with E-state index in [2.05, 4.69) is 34.6 Å². The van der Waals surface area contributed by atoms with Crippen molar-refractivity contribution in [3.8, 4) is 0 Å². The summed E-state index contributed by atoms with van der Waals surface area (Å²) in [7, 11) is -9.90. The minimum absolute atomic E-state index is 0.107. The predicted molar refractivity (Wildman–Crippen MR) is 368 cm³/mol. The van der Waals surface area contributed by atoms with Crippen molar-refractivity contribution >= 4 is 39.5 Å². The summed E-state index contributed by atoms with van der Waals surface area (Å²) < 4.78 is 68.2. The Balaban J connectivity index is 5.18. The van der Waals surface area contributed by atoms with E-state index in [1.807, 2.05) is 0 Å². The minimum Gasteiger partial charge on any atom is -0.462 e. The van der Waals surface area contributed by atoms with Crippen LogP contribution in [0, 0.1) is 5.92 Å². The summed E-state index contributed by atoms with van der Waals surface area (Å²) in [6.45, 7) is 7.25. The molecule has 0 saturated carbocycles. The number of hydrogen-bond donors (Lipinski definition) is 3. The standard InChI is InChI=1S/C72H140O17P2/c1-6-9-12-15-18-20-22-23-29-33-36-41-46-51-56-70(75)83-62-68(89-72(77)58-53-48-43-38-34-30-27-25-24-26-28-32-35-40-44-49-54-65(4)5)64-87-91(80,81)85-60-66(73)59-84-90(78,79)86-63-67(61-82-69(74)55-50-45-39-17-14-11-8-3)88-71(76)57-52-47-42-37-31-21-19-16-13-10-7-2/h65-68,73H,6-64H2,1-5H3,(H,78,79)(H,80,81)/t66-,67+,68+/m0/s1. The number of phosphoric ester groups is 2. The molecule has 0 fully saturated rings. The molecule has 0 aliphatic heterocycles. The van der Waals surface area contributed by atoms with Gasteiger partial charge in [-0.25, -0.2) is 9.13 Å². The second-order valence-corrected chi connectivity index (χ2v) is 29.4. The van der Waals surface area contributed by atoms with E-state index in [4.69, 9.17) is 37.0 Å². The number of carbonyl (C=O) groups excluding carboxylic acids is 4. The third-order valence-electron chi connectivity index (χ3n) is 16.8. The van der Waals surface area contributed by atoms with Gasteiger partial charge in [-0.2, -0.15) is 0 Å². The molecule has 0 radical (unpaired) electrons. The van der Waals surface area contributed by atoms with Crippen LogP contribution in [0.5, 0.6) is 0 Å². The molecule has 5 atom stereocenters. The maximum atomic E-state index is 13.0. The first kappa shape index (κ1) is 89.1. The molecule has 17 nitrogen and oxygen atoms in total. The second-order valence-electron chi connectivity index (χ2n) is 26.5. The molecule has 0 bridgehead atoms. The molecular formula is C72H140O17P2. The quantitative estimate of drug-likeness (QED) is 0.0222. The highest BCUT2D eigenvalue weighted by molar-refractivity contribution is 7.47. The lowest BCUT2D eigenvalue weighted by Gasteiger charge is -2.21. The molecule has 0 saturated heterocycles. The van der Waals surface area contributed by atoms with E-state index in [1.54, 1.807) is 0 Å². The Bertz CT molecular complexity index is 1750. The van der Waals surface area contributed by atoms with Crippen LogP contribution in [0.2, 0.25) is 0 Å². The van der Waals surface area contributed by atoms with Crippen LogP contribution in [-0.4, -0.2) is 96.7 Å². The first-order valence-corrected chi connectivity index (χ1v) is 40.6. The van der Waals surface area contributed by atoms with E-state index in [0.717, 1.165) is 109 Å². The van der Waals surface area contributed by atoms with Gasteiger partial charge in [0, 0.05) is 25.7 Å². The van der Waals surface area contributed by atoms with Crippen LogP contribution in [0.4, 0.5) is 0 Å². The van der Waals surface area contributed by atoms with E-state index in [9.17, 15) is 43.2 Å². The lowest BCUT2D eigenvalue weighted by molar-refractivity contribution is -0.161. The Labute approximate surface area is 556 Å². The van der Waals surface area contributed by atoms with Crippen LogP contribution in [-0.2, 0) is 65.4 Å². The van der Waals surface area contributed by atoms with Gasteiger partial charge in [0.05, 0.1) is 26.4 Å². The topological polar surface area (TPSA) is 237 Å². The van der Waals surface area contributed by atoms with Crippen LogP contribution in [0.3, 0.4) is 0 Å². The summed E-state index contributed by atoms with van der Waals surface area (Å²) in [5.41, 5.74) is 0. The number of ether oxygens (including phenoxy) is 4. The summed E-state index contributed by atoms with van der Waals surface area (Å²) in [5.74, 6) is -1.31. The fourth-order valence-electron chi connectivity index (χ4n) is 11.0. The average Bonchev–Trinajstić information content (AvgIpc) is 3.62. The number of hydrogen-bond acceptors (Lipinski definition) is 15. The normalized spacial score (nSPS) is 14.0. The van der Waals surface area contributed by atoms with Crippen molar-refractivity contribution in [3.05, 3.63) is 0 Å². The molecule has 0 aliphatic carbocycles. The second kappa shape index (κ2) is 65.4. The van der Waals surface area contributed by atoms with Crippen molar-refractivity contribution in [2.75, 3.05) is 39.6 Å². The van der Waals surface area contributed by atoms with Crippen molar-refractivity contribution in [2.24, 2.45) is 5.92 Å². The van der Waals surface area contributed by atoms with Gasteiger partial charge in [-0.1, -0.05) is 324 Å². The summed E-state index contributed by atoms with van der Waals surface area (Å²) in [6.07, 6.45) is 52.8. The largest absolute Gasteiger partial charge is 0.472 e. The molecule has 91 heavy (non-hydrogen) atoms. The lowest BCUT2D eigenvalue weighted by Crippen LogP contribution is -2.30. The number of esters is 4. The van der Waals surface area contributed by atoms with Gasteiger partial charge in [0.25, 0.3) is 0 Å². The maximum Gasteiger partial charge on any atom is 0.472 e. The van der Waals surface area contributed by atoms with Crippen LogP contribution in [0.25, 0.3) is 0 Å². The van der Waals surface area contributed by atoms with Crippen molar-refractivity contribution in [3.63, 3.8) is 0 Å². The van der Waals surface area contributed by atoms with E-state index >= 15 is 0 Å². The van der Waals surface area contributed by atoms with Gasteiger partial charge in [0.1, 0.15) is 19.3 Å². The summed E-state index contributed by atoms with van der Waals surface area (Å²) in [6, 6.07) is 0. The predicted octanol–water partition coefficient (Wildman–Crippen LogP) is 20.9. The molecule has 2 unspecified atom stereocenters. The highest BCUT2D eigenvalue weighted by Crippen LogP contribution is 2.45. The molecule has 0 aromatic heterocycles. The average molecular weight is 1340 g/mol. The third kappa shape index (κ3) is 66.5. The zero-order chi connectivity index (χ0) is 67.0. The number of aliphatic hydroxyl groups is 1. The zero-order valence-corrected chi connectivity index (χ0v) is 60.8. The minimum atomic E-state index is -4.95. The van der Waals surface area contributed by atoms with Gasteiger partial charge in [-0.15, -0.1) is 0 Å². The van der Waals surface area contributed by atoms with E-state index in [-0.39, 0.29) is 25.7 Å². The van der Waals surface area contributed by atoms with E-state index < -0.39 is 97.5 Å². The highest BCUT2D eigenvalue weighted by Gasteiger charge is 2.30. The molecule has 0 amide bonds. The summed E-state index contributed by atoms with van der Waals surface area (Å²) in [4.78, 5) is 72.5. The van der Waals surface area contributed by atoms with E-state index in [1.165, 1.54) is 186 Å². The molecule has 0 aliphatic rings. The molecule has 3 N–H and O–H groups in total. The van der Waals surface area contributed by atoms with Gasteiger partial charge in [0.2, 0.25) is 0 Å². The number of aliphatic hydroxyl groups excluding tert-OH is 1. The zero-order valence-electron chi connectivity index (χ0n) is 59.0. The molecule has 0 spiro atoms. The first-order chi connectivity index (χ1) is 44.0. The fraction of sp³-hybridized carbons (Fsp3) is 0.944. The van der Waals surface area contributed by atoms with Gasteiger partial charge in [0.15, 0.2) is 12.2 Å². The number of unbranched alkanes of at least 4 members (excludes halogenated alkanes) is 44. The molecule has 19 heteroatoms. The summed E-state index contributed by atoms with van der Waals surface area (Å²) in [5, 5.41) is 10.6. The molecule has 0 aromatic rings. The van der Waals surface area contributed by atoms with Crippen molar-refractivity contribution in [2.45, 2.75) is 393 Å².